The van der Waals surface area contributed by atoms with Gasteiger partial charge in [0.1, 0.15) is 12.4 Å². The van der Waals surface area contributed by atoms with Crippen molar-refractivity contribution in [3.63, 3.8) is 0 Å². The van der Waals surface area contributed by atoms with Crippen molar-refractivity contribution in [1.82, 2.24) is 9.88 Å². The molecule has 0 aliphatic rings. The number of halogens is 1. The van der Waals surface area contributed by atoms with Crippen molar-refractivity contribution in [2.45, 2.75) is 25.4 Å². The molecular formula is C14H29ClN3O5Si+. The van der Waals surface area contributed by atoms with Gasteiger partial charge in [-0.15, -0.1) is 12.4 Å². The Hall–Kier alpha value is -1.13. The highest BCUT2D eigenvalue weighted by molar-refractivity contribution is 6.60. The first-order chi connectivity index (χ1) is 11.0. The van der Waals surface area contributed by atoms with Crippen molar-refractivity contribution >= 4 is 27.3 Å². The lowest BCUT2D eigenvalue weighted by atomic mass is 10.4. The van der Waals surface area contributed by atoms with E-state index >= 15 is 0 Å². The highest BCUT2D eigenvalue weighted by Crippen LogP contribution is 2.14. The van der Waals surface area contributed by atoms with Crippen molar-refractivity contribution in [1.29, 1.82) is 0 Å². The summed E-state index contributed by atoms with van der Waals surface area (Å²) >= 11 is 0. The van der Waals surface area contributed by atoms with Crippen LogP contribution in [0, 0.1) is 0 Å². The van der Waals surface area contributed by atoms with Crippen LogP contribution in [0.15, 0.2) is 18.7 Å². The van der Waals surface area contributed by atoms with Gasteiger partial charge in [-0.25, -0.2) is 13.9 Å². The summed E-state index contributed by atoms with van der Waals surface area (Å²) in [6.07, 6.45) is 7.01. The van der Waals surface area contributed by atoms with Crippen molar-refractivity contribution in [3.8, 4) is 0 Å². The van der Waals surface area contributed by atoms with Gasteiger partial charge in [-0.2, -0.15) is 0 Å². The molecule has 140 valence electrons. The molecule has 0 unspecified atom stereocenters. The summed E-state index contributed by atoms with van der Waals surface area (Å²) in [5, 5.41) is 2.71. The SMILES string of the molecule is CO[Si](CCCNC(=O)OCCCn1cc[n+](C)c1)(OC)OC.Cl. The molecule has 10 heteroatoms. The van der Waals surface area contributed by atoms with E-state index in [0.29, 0.717) is 25.6 Å². The average Bonchev–Trinajstić information content (AvgIpc) is 2.98. The van der Waals surface area contributed by atoms with Crippen LogP contribution >= 0.6 is 12.4 Å². The minimum atomic E-state index is -2.55. The molecule has 0 aliphatic carbocycles. The molecule has 1 aromatic rings. The molecule has 0 spiro atoms. The second-order valence-electron chi connectivity index (χ2n) is 5.13. The van der Waals surface area contributed by atoms with E-state index in [1.807, 2.05) is 34.9 Å². The lowest BCUT2D eigenvalue weighted by Crippen LogP contribution is -2.43. The number of ether oxygens (including phenoxy) is 1. The first-order valence-electron chi connectivity index (χ1n) is 7.62. The Morgan fingerprint density at radius 2 is 1.88 bits per heavy atom. The Bertz CT molecular complexity index is 463. The van der Waals surface area contributed by atoms with E-state index in [0.717, 1.165) is 13.0 Å². The van der Waals surface area contributed by atoms with Crippen LogP contribution in [-0.4, -0.2) is 53.9 Å². The molecule has 1 aromatic heterocycles. The van der Waals surface area contributed by atoms with Gasteiger partial charge in [0.25, 0.3) is 0 Å². The molecule has 0 fully saturated rings. The van der Waals surface area contributed by atoms with Crippen LogP contribution in [-0.2, 0) is 31.6 Å². The normalized spacial score (nSPS) is 11.0. The molecule has 1 heterocycles. The minimum Gasteiger partial charge on any atom is -0.449 e. The highest BCUT2D eigenvalue weighted by atomic mass is 35.5. The quantitative estimate of drug-likeness (QED) is 0.352. The fraction of sp³-hybridized carbons (Fsp3) is 0.714. The van der Waals surface area contributed by atoms with Gasteiger partial charge in [0, 0.05) is 40.3 Å². The summed E-state index contributed by atoms with van der Waals surface area (Å²) < 4.78 is 25.1. The maximum absolute atomic E-state index is 11.6. The average molecular weight is 383 g/mol. The Morgan fingerprint density at radius 1 is 1.21 bits per heavy atom. The van der Waals surface area contributed by atoms with Crippen molar-refractivity contribution in [2.24, 2.45) is 7.05 Å². The maximum atomic E-state index is 11.6. The zero-order valence-electron chi connectivity index (χ0n) is 14.8. The molecule has 1 amide bonds. The number of amides is 1. The molecule has 24 heavy (non-hydrogen) atoms. The summed E-state index contributed by atoms with van der Waals surface area (Å²) in [6, 6.07) is 0.640. The number of carbonyl (C=O) groups is 1. The number of nitrogens with one attached hydrogen (secondary N) is 1. The molecule has 8 nitrogen and oxygen atoms in total. The molecule has 1 rings (SSSR count). The fourth-order valence-electron chi connectivity index (χ4n) is 2.15. The smallest absolute Gasteiger partial charge is 0.449 e. The number of alkyl carbamates (subject to hydrolysis) is 1. The van der Waals surface area contributed by atoms with Gasteiger partial charge in [0.2, 0.25) is 6.33 Å². The monoisotopic (exact) mass is 382 g/mol. The number of hydrogen-bond acceptors (Lipinski definition) is 5. The van der Waals surface area contributed by atoms with Crippen LogP contribution < -0.4 is 9.88 Å². The second-order valence-corrected chi connectivity index (χ2v) is 8.22. The van der Waals surface area contributed by atoms with Crippen molar-refractivity contribution in [2.75, 3.05) is 34.5 Å². The maximum Gasteiger partial charge on any atom is 0.500 e. The number of carbonyl (C=O) groups excluding carboxylic acids is 1. The molecule has 0 aromatic carbocycles. The minimum absolute atomic E-state index is 0. The van der Waals surface area contributed by atoms with Crippen LogP contribution in [0.3, 0.4) is 0 Å². The summed E-state index contributed by atoms with van der Waals surface area (Å²) in [5.74, 6) is 0. The van der Waals surface area contributed by atoms with E-state index in [4.69, 9.17) is 18.0 Å². The summed E-state index contributed by atoms with van der Waals surface area (Å²) in [6.45, 7) is 1.70. The predicted molar refractivity (Wildman–Crippen MR) is 93.0 cm³/mol. The lowest BCUT2D eigenvalue weighted by molar-refractivity contribution is -0.671. The van der Waals surface area contributed by atoms with Crippen LogP contribution in [0.1, 0.15) is 12.8 Å². The number of aromatic nitrogens is 2. The Kier molecular flexibility index (Phi) is 11.7. The third-order valence-electron chi connectivity index (χ3n) is 3.48. The molecule has 0 bridgehead atoms. The van der Waals surface area contributed by atoms with Gasteiger partial charge in [-0.1, -0.05) is 0 Å². The Labute approximate surface area is 150 Å². The fourth-order valence-corrected chi connectivity index (χ4v) is 3.87. The third-order valence-corrected chi connectivity index (χ3v) is 6.31. The summed E-state index contributed by atoms with van der Waals surface area (Å²) in [4.78, 5) is 11.6. The van der Waals surface area contributed by atoms with Gasteiger partial charge >= 0.3 is 14.9 Å². The number of aryl methyl sites for hydroxylation is 2. The zero-order chi connectivity index (χ0) is 17.1. The standard InChI is InChI=1S/C14H27N3O5Si.ClH/c1-16-9-10-17(13-16)8-6-11-22-14(18)15-7-5-12-23(19-2,20-3)21-4;/h9-10,13H,5-8,11-12H2,1-4H3;1H/p+1. The van der Waals surface area contributed by atoms with Crippen LogP contribution in [0.4, 0.5) is 4.79 Å². The summed E-state index contributed by atoms with van der Waals surface area (Å²) in [5.41, 5.74) is 0. The van der Waals surface area contributed by atoms with Gasteiger partial charge in [0.15, 0.2) is 0 Å². The van der Waals surface area contributed by atoms with E-state index < -0.39 is 14.9 Å². The first kappa shape index (κ1) is 22.9. The van der Waals surface area contributed by atoms with Gasteiger partial charge < -0.3 is 23.3 Å². The molecule has 1 N–H and O–H groups in total. The van der Waals surface area contributed by atoms with Crippen molar-refractivity contribution in [3.05, 3.63) is 18.7 Å². The van der Waals surface area contributed by atoms with Gasteiger partial charge in [-0.3, -0.25) is 0 Å². The summed E-state index contributed by atoms with van der Waals surface area (Å²) in [7, 11) is 4.14. The van der Waals surface area contributed by atoms with E-state index in [-0.39, 0.29) is 12.4 Å². The van der Waals surface area contributed by atoms with Gasteiger partial charge in [-0.05, 0) is 6.42 Å². The second kappa shape index (κ2) is 12.3. The molecule has 0 radical (unpaired) electrons. The molecular weight excluding hydrogens is 354 g/mol. The zero-order valence-corrected chi connectivity index (χ0v) is 16.6. The van der Waals surface area contributed by atoms with E-state index in [1.165, 1.54) is 0 Å². The molecule has 0 aliphatic heterocycles. The van der Waals surface area contributed by atoms with Gasteiger partial charge in [0.05, 0.1) is 20.2 Å². The number of rotatable bonds is 11. The van der Waals surface area contributed by atoms with Crippen LogP contribution in [0.2, 0.25) is 6.04 Å². The van der Waals surface area contributed by atoms with Crippen molar-refractivity contribution < 1.29 is 27.4 Å². The van der Waals surface area contributed by atoms with E-state index in [1.54, 1.807) is 21.3 Å². The van der Waals surface area contributed by atoms with Crippen LogP contribution in [0.25, 0.3) is 0 Å². The largest absolute Gasteiger partial charge is 0.500 e. The molecule has 0 saturated heterocycles. The molecule has 0 saturated carbocycles. The lowest BCUT2D eigenvalue weighted by Gasteiger charge is -2.24. The number of imidazole rings is 1. The van der Waals surface area contributed by atoms with E-state index in [2.05, 4.69) is 5.32 Å². The Morgan fingerprint density at radius 3 is 2.42 bits per heavy atom. The number of nitrogens with zero attached hydrogens (tertiary/aromatic N) is 2. The Balaban J connectivity index is 0.00000529. The molecule has 0 atom stereocenters. The number of hydrogen-bond donors (Lipinski definition) is 1. The topological polar surface area (TPSA) is 74.8 Å². The first-order valence-corrected chi connectivity index (χ1v) is 9.55. The highest BCUT2D eigenvalue weighted by Gasteiger charge is 2.36. The van der Waals surface area contributed by atoms with Crippen LogP contribution in [0.5, 0.6) is 0 Å². The third kappa shape index (κ3) is 8.11. The van der Waals surface area contributed by atoms with E-state index in [9.17, 15) is 4.79 Å². The predicted octanol–water partition coefficient (Wildman–Crippen LogP) is 1.12.